The summed E-state index contributed by atoms with van der Waals surface area (Å²) in [5.74, 6) is 0. The van der Waals surface area contributed by atoms with Crippen LogP contribution in [0.2, 0.25) is 0 Å². The number of aldehydes is 1. The Morgan fingerprint density at radius 1 is 0.944 bits per heavy atom. The largest absolute Gasteiger partial charge is 0.371 e. The van der Waals surface area contributed by atoms with Gasteiger partial charge in [-0.3, -0.25) is 4.79 Å². The first-order chi connectivity index (χ1) is 8.81. The molecule has 3 rings (SSSR count). The molecule has 1 aromatic rings. The van der Waals surface area contributed by atoms with Crippen molar-refractivity contribution in [3.8, 4) is 0 Å². The van der Waals surface area contributed by atoms with Crippen molar-refractivity contribution in [3.05, 3.63) is 29.8 Å². The standard InChI is InChI=1S/C16H21NO/c18-13-14-3-5-15(6-4-14)17-11-9-16(10-12-17)7-1-2-8-16/h3-6,13H,1-2,7-12H2. The third-order valence-corrected chi connectivity index (χ3v) is 4.88. The molecule has 1 spiro atoms. The minimum atomic E-state index is 0.680. The van der Waals surface area contributed by atoms with E-state index in [1.54, 1.807) is 0 Å². The Kier molecular flexibility index (Phi) is 3.11. The zero-order valence-electron chi connectivity index (χ0n) is 10.9. The van der Waals surface area contributed by atoms with Gasteiger partial charge in [-0.05, 0) is 55.4 Å². The minimum Gasteiger partial charge on any atom is -0.371 e. The average Bonchev–Trinajstić information content (AvgIpc) is 2.88. The second-order valence-corrected chi connectivity index (χ2v) is 5.90. The molecule has 1 saturated carbocycles. The van der Waals surface area contributed by atoms with E-state index < -0.39 is 0 Å². The van der Waals surface area contributed by atoms with Crippen LogP contribution >= 0.6 is 0 Å². The van der Waals surface area contributed by atoms with Crippen molar-refractivity contribution >= 4 is 12.0 Å². The molecule has 1 heterocycles. The van der Waals surface area contributed by atoms with E-state index in [-0.39, 0.29) is 0 Å². The summed E-state index contributed by atoms with van der Waals surface area (Å²) in [4.78, 5) is 13.1. The number of anilines is 1. The molecule has 96 valence electrons. The zero-order valence-corrected chi connectivity index (χ0v) is 10.9. The molecule has 0 N–H and O–H groups in total. The summed E-state index contributed by atoms with van der Waals surface area (Å²) < 4.78 is 0. The number of carbonyl (C=O) groups is 1. The van der Waals surface area contributed by atoms with E-state index >= 15 is 0 Å². The van der Waals surface area contributed by atoms with Gasteiger partial charge < -0.3 is 4.90 Å². The van der Waals surface area contributed by atoms with Crippen molar-refractivity contribution in [1.29, 1.82) is 0 Å². The van der Waals surface area contributed by atoms with Crippen LogP contribution in [0.3, 0.4) is 0 Å². The van der Waals surface area contributed by atoms with Crippen LogP contribution in [0.25, 0.3) is 0 Å². The molecule has 1 aromatic carbocycles. The number of nitrogens with zero attached hydrogens (tertiary/aromatic N) is 1. The summed E-state index contributed by atoms with van der Waals surface area (Å²) in [6.07, 6.45) is 9.39. The summed E-state index contributed by atoms with van der Waals surface area (Å²) >= 11 is 0. The summed E-state index contributed by atoms with van der Waals surface area (Å²) in [5, 5.41) is 0. The molecule has 2 fully saturated rings. The van der Waals surface area contributed by atoms with Crippen LogP contribution in [-0.2, 0) is 0 Å². The molecule has 0 bridgehead atoms. The fourth-order valence-corrected chi connectivity index (χ4v) is 3.63. The van der Waals surface area contributed by atoms with Crippen molar-refractivity contribution < 1.29 is 4.79 Å². The fourth-order valence-electron chi connectivity index (χ4n) is 3.63. The highest BCUT2D eigenvalue weighted by molar-refractivity contribution is 5.75. The Labute approximate surface area is 109 Å². The van der Waals surface area contributed by atoms with Gasteiger partial charge >= 0.3 is 0 Å². The monoisotopic (exact) mass is 243 g/mol. The van der Waals surface area contributed by atoms with Gasteiger partial charge in [-0.25, -0.2) is 0 Å². The molecule has 1 saturated heterocycles. The number of hydrogen-bond donors (Lipinski definition) is 0. The van der Waals surface area contributed by atoms with Crippen molar-refractivity contribution in [1.82, 2.24) is 0 Å². The van der Waals surface area contributed by atoms with Crippen molar-refractivity contribution in [2.45, 2.75) is 38.5 Å². The average molecular weight is 243 g/mol. The van der Waals surface area contributed by atoms with Gasteiger partial charge in [0.15, 0.2) is 0 Å². The van der Waals surface area contributed by atoms with E-state index in [2.05, 4.69) is 17.0 Å². The Morgan fingerprint density at radius 3 is 2.11 bits per heavy atom. The molecule has 18 heavy (non-hydrogen) atoms. The van der Waals surface area contributed by atoms with Gasteiger partial charge in [0.2, 0.25) is 0 Å². The highest BCUT2D eigenvalue weighted by atomic mass is 16.1. The molecule has 0 aromatic heterocycles. The van der Waals surface area contributed by atoms with E-state index in [0.29, 0.717) is 5.41 Å². The van der Waals surface area contributed by atoms with Gasteiger partial charge in [0.1, 0.15) is 6.29 Å². The zero-order chi connectivity index (χ0) is 12.4. The number of hydrogen-bond acceptors (Lipinski definition) is 2. The second-order valence-electron chi connectivity index (χ2n) is 5.90. The highest BCUT2D eigenvalue weighted by Gasteiger charge is 2.36. The third-order valence-electron chi connectivity index (χ3n) is 4.88. The van der Waals surface area contributed by atoms with Gasteiger partial charge in [0.05, 0.1) is 0 Å². The van der Waals surface area contributed by atoms with Gasteiger partial charge in [0.25, 0.3) is 0 Å². The Balaban J connectivity index is 1.66. The maximum Gasteiger partial charge on any atom is 0.150 e. The lowest BCUT2D eigenvalue weighted by molar-refractivity contribution is 0.112. The van der Waals surface area contributed by atoms with E-state index in [9.17, 15) is 4.79 Å². The molecule has 0 unspecified atom stereocenters. The second kappa shape index (κ2) is 4.75. The summed E-state index contributed by atoms with van der Waals surface area (Å²) in [6.45, 7) is 2.36. The van der Waals surface area contributed by atoms with E-state index in [1.165, 1.54) is 57.3 Å². The molecular weight excluding hydrogens is 222 g/mol. The predicted octanol–water partition coefficient (Wildman–Crippen LogP) is 3.66. The van der Waals surface area contributed by atoms with Crippen molar-refractivity contribution in [2.24, 2.45) is 5.41 Å². The molecule has 2 nitrogen and oxygen atoms in total. The maximum atomic E-state index is 10.7. The molecule has 0 radical (unpaired) electrons. The number of rotatable bonds is 2. The molecule has 1 aliphatic carbocycles. The Hall–Kier alpha value is -1.31. The van der Waals surface area contributed by atoms with E-state index in [4.69, 9.17) is 0 Å². The van der Waals surface area contributed by atoms with Gasteiger partial charge in [-0.2, -0.15) is 0 Å². The maximum absolute atomic E-state index is 10.7. The van der Waals surface area contributed by atoms with Crippen LogP contribution in [0.4, 0.5) is 5.69 Å². The van der Waals surface area contributed by atoms with Gasteiger partial charge in [-0.15, -0.1) is 0 Å². The fraction of sp³-hybridized carbons (Fsp3) is 0.562. The van der Waals surface area contributed by atoms with Crippen LogP contribution in [0.15, 0.2) is 24.3 Å². The summed E-state index contributed by atoms with van der Waals surface area (Å²) in [6, 6.07) is 8.00. The predicted molar refractivity (Wildman–Crippen MR) is 74.2 cm³/mol. The topological polar surface area (TPSA) is 20.3 Å². The van der Waals surface area contributed by atoms with Gasteiger partial charge in [-0.1, -0.05) is 12.8 Å². The first kappa shape index (κ1) is 11.8. The van der Waals surface area contributed by atoms with E-state index in [0.717, 1.165) is 11.8 Å². The first-order valence-electron chi connectivity index (χ1n) is 7.12. The molecule has 2 heteroatoms. The van der Waals surface area contributed by atoms with Crippen LogP contribution in [0.1, 0.15) is 48.9 Å². The smallest absolute Gasteiger partial charge is 0.150 e. The number of piperidine rings is 1. The first-order valence-corrected chi connectivity index (χ1v) is 7.12. The molecule has 1 aliphatic heterocycles. The van der Waals surface area contributed by atoms with Crippen LogP contribution in [-0.4, -0.2) is 19.4 Å². The molecule has 2 aliphatic rings. The van der Waals surface area contributed by atoms with Crippen molar-refractivity contribution in [3.63, 3.8) is 0 Å². The Morgan fingerprint density at radius 2 is 1.56 bits per heavy atom. The lowest BCUT2D eigenvalue weighted by Crippen LogP contribution is -2.38. The highest BCUT2D eigenvalue weighted by Crippen LogP contribution is 2.46. The summed E-state index contributed by atoms with van der Waals surface area (Å²) in [5.41, 5.74) is 2.72. The lowest BCUT2D eigenvalue weighted by atomic mass is 9.77. The summed E-state index contributed by atoms with van der Waals surface area (Å²) in [7, 11) is 0. The van der Waals surface area contributed by atoms with Gasteiger partial charge in [0, 0.05) is 24.3 Å². The Bertz CT molecular complexity index is 407. The van der Waals surface area contributed by atoms with Crippen LogP contribution in [0, 0.1) is 5.41 Å². The minimum absolute atomic E-state index is 0.680. The molecule has 0 atom stereocenters. The third kappa shape index (κ3) is 2.16. The van der Waals surface area contributed by atoms with Crippen molar-refractivity contribution in [2.75, 3.05) is 18.0 Å². The number of benzene rings is 1. The number of carbonyl (C=O) groups excluding carboxylic acids is 1. The van der Waals surface area contributed by atoms with Crippen LogP contribution < -0.4 is 4.90 Å². The molecular formula is C16H21NO. The lowest BCUT2D eigenvalue weighted by Gasteiger charge is -2.40. The van der Waals surface area contributed by atoms with Crippen LogP contribution in [0.5, 0.6) is 0 Å². The quantitative estimate of drug-likeness (QED) is 0.739. The SMILES string of the molecule is O=Cc1ccc(N2CCC3(CCCC3)CC2)cc1. The molecule has 0 amide bonds. The van der Waals surface area contributed by atoms with E-state index in [1.807, 2.05) is 12.1 Å². The normalized spacial score (nSPS) is 22.3.